The number of hydrogen-bond donors (Lipinski definition) is 1. The molecule has 0 aromatic carbocycles. The molecule has 0 radical (unpaired) electrons. The highest BCUT2D eigenvalue weighted by atomic mass is 16.7. The molecule has 4 atom stereocenters. The first kappa shape index (κ1) is 11.1. The van der Waals surface area contributed by atoms with E-state index in [9.17, 15) is 0 Å². The normalized spacial score (nSPS) is 41.7. The van der Waals surface area contributed by atoms with Crippen LogP contribution in [0.3, 0.4) is 0 Å². The quantitative estimate of drug-likeness (QED) is 0.707. The van der Waals surface area contributed by atoms with Gasteiger partial charge in [0.15, 0.2) is 6.29 Å². The van der Waals surface area contributed by atoms with E-state index in [1.165, 1.54) is 12.0 Å². The van der Waals surface area contributed by atoms with Gasteiger partial charge in [0, 0.05) is 12.5 Å². The summed E-state index contributed by atoms with van der Waals surface area (Å²) in [6, 6.07) is 0. The summed E-state index contributed by atoms with van der Waals surface area (Å²) in [6.07, 6.45) is 4.71. The van der Waals surface area contributed by atoms with Gasteiger partial charge in [-0.1, -0.05) is 18.6 Å². The maximum absolute atomic E-state index is 5.77. The Hall–Kier alpha value is -0.380. The zero-order chi connectivity index (χ0) is 10.8. The highest BCUT2D eigenvalue weighted by molar-refractivity contribution is 5.06. The molecule has 0 saturated carbocycles. The summed E-state index contributed by atoms with van der Waals surface area (Å²) in [4.78, 5) is 0. The Balaban J connectivity index is 1.92. The molecule has 3 nitrogen and oxygen atoms in total. The molecule has 2 aliphatic rings. The van der Waals surface area contributed by atoms with Crippen LogP contribution in [0.2, 0.25) is 0 Å². The highest BCUT2D eigenvalue weighted by Gasteiger charge is 2.33. The van der Waals surface area contributed by atoms with E-state index < -0.39 is 0 Å². The Kier molecular flexibility index (Phi) is 3.44. The van der Waals surface area contributed by atoms with E-state index in [4.69, 9.17) is 15.2 Å². The van der Waals surface area contributed by atoms with E-state index in [2.05, 4.69) is 19.9 Å². The molecular weight excluding hydrogens is 190 g/mol. The van der Waals surface area contributed by atoms with Crippen LogP contribution in [-0.4, -0.2) is 25.5 Å². The molecule has 15 heavy (non-hydrogen) atoms. The van der Waals surface area contributed by atoms with Gasteiger partial charge >= 0.3 is 0 Å². The Morgan fingerprint density at radius 1 is 1.53 bits per heavy atom. The van der Waals surface area contributed by atoms with Crippen LogP contribution in [0.25, 0.3) is 0 Å². The predicted octanol–water partition coefficient (Wildman–Crippen LogP) is 1.68. The van der Waals surface area contributed by atoms with Gasteiger partial charge in [-0.15, -0.1) is 0 Å². The maximum atomic E-state index is 5.77. The van der Waals surface area contributed by atoms with E-state index in [0.717, 1.165) is 6.42 Å². The van der Waals surface area contributed by atoms with Crippen molar-refractivity contribution in [3.05, 3.63) is 11.6 Å². The molecule has 0 aromatic heterocycles. The lowest BCUT2D eigenvalue weighted by molar-refractivity contribution is -0.100. The average Bonchev–Trinajstić information content (AvgIpc) is 2.64. The lowest BCUT2D eigenvalue weighted by Gasteiger charge is -2.29. The monoisotopic (exact) mass is 211 g/mol. The van der Waals surface area contributed by atoms with Crippen LogP contribution in [0, 0.1) is 11.8 Å². The first-order valence-corrected chi connectivity index (χ1v) is 5.83. The van der Waals surface area contributed by atoms with Crippen molar-refractivity contribution in [3.8, 4) is 0 Å². The fourth-order valence-electron chi connectivity index (χ4n) is 2.64. The van der Waals surface area contributed by atoms with Gasteiger partial charge in [0.2, 0.25) is 0 Å². The Labute approximate surface area is 91.6 Å². The minimum absolute atomic E-state index is 0.0235. The third-order valence-electron chi connectivity index (χ3n) is 3.25. The summed E-state index contributed by atoms with van der Waals surface area (Å²) >= 11 is 0. The molecule has 2 N–H and O–H groups in total. The average molecular weight is 211 g/mol. The molecule has 1 fully saturated rings. The second-order valence-electron chi connectivity index (χ2n) is 4.89. The van der Waals surface area contributed by atoms with Crippen molar-refractivity contribution in [1.29, 1.82) is 0 Å². The number of hydrogen-bond acceptors (Lipinski definition) is 3. The molecule has 2 rings (SSSR count). The van der Waals surface area contributed by atoms with Gasteiger partial charge in [0.05, 0.1) is 12.7 Å². The predicted molar refractivity (Wildman–Crippen MR) is 59.3 cm³/mol. The minimum Gasteiger partial charge on any atom is -0.350 e. The molecule has 0 spiro atoms. The van der Waals surface area contributed by atoms with Gasteiger partial charge in [-0.25, -0.2) is 0 Å². The topological polar surface area (TPSA) is 44.5 Å². The van der Waals surface area contributed by atoms with E-state index in [-0.39, 0.29) is 12.4 Å². The van der Waals surface area contributed by atoms with Gasteiger partial charge in [-0.2, -0.15) is 0 Å². The number of nitrogens with two attached hydrogens (primary N) is 1. The molecular formula is C12H21NO2. The summed E-state index contributed by atoms with van der Waals surface area (Å²) in [5, 5.41) is 0. The lowest BCUT2D eigenvalue weighted by atomic mass is 9.83. The minimum atomic E-state index is -0.0235. The summed E-state index contributed by atoms with van der Waals surface area (Å²) in [7, 11) is 0. The first-order chi connectivity index (χ1) is 7.19. The van der Waals surface area contributed by atoms with Crippen molar-refractivity contribution < 1.29 is 9.47 Å². The maximum Gasteiger partial charge on any atom is 0.161 e. The molecule has 1 aliphatic heterocycles. The van der Waals surface area contributed by atoms with E-state index in [1.54, 1.807) is 0 Å². The summed E-state index contributed by atoms with van der Waals surface area (Å²) in [5.74, 6) is 1.16. The second kappa shape index (κ2) is 4.64. The van der Waals surface area contributed by atoms with Crippen LogP contribution in [0.4, 0.5) is 0 Å². The van der Waals surface area contributed by atoms with Gasteiger partial charge in [-0.3, -0.25) is 0 Å². The molecule has 1 saturated heterocycles. The van der Waals surface area contributed by atoms with Crippen molar-refractivity contribution >= 4 is 0 Å². The van der Waals surface area contributed by atoms with Crippen LogP contribution in [0.15, 0.2) is 11.6 Å². The molecule has 1 heterocycles. The van der Waals surface area contributed by atoms with Crippen LogP contribution < -0.4 is 5.73 Å². The van der Waals surface area contributed by atoms with Gasteiger partial charge < -0.3 is 15.2 Å². The lowest BCUT2D eigenvalue weighted by Crippen LogP contribution is -2.28. The van der Waals surface area contributed by atoms with Crippen molar-refractivity contribution in [2.45, 2.75) is 39.1 Å². The Bertz CT molecular complexity index is 252. The zero-order valence-corrected chi connectivity index (χ0v) is 9.61. The van der Waals surface area contributed by atoms with Crippen molar-refractivity contribution in [3.63, 3.8) is 0 Å². The van der Waals surface area contributed by atoms with Gasteiger partial charge in [0.25, 0.3) is 0 Å². The van der Waals surface area contributed by atoms with Crippen LogP contribution in [0.1, 0.15) is 26.7 Å². The molecule has 0 aromatic rings. The molecule has 0 amide bonds. The Morgan fingerprint density at radius 3 is 2.93 bits per heavy atom. The van der Waals surface area contributed by atoms with Gasteiger partial charge in [0.1, 0.15) is 0 Å². The van der Waals surface area contributed by atoms with Crippen molar-refractivity contribution in [2.75, 3.05) is 13.2 Å². The third-order valence-corrected chi connectivity index (χ3v) is 3.25. The van der Waals surface area contributed by atoms with E-state index in [0.29, 0.717) is 25.0 Å². The SMILES string of the molecule is CC1=CC(C)CC(C2OCC(CN)O2)C1. The second-order valence-corrected chi connectivity index (χ2v) is 4.89. The fourth-order valence-corrected chi connectivity index (χ4v) is 2.64. The zero-order valence-electron chi connectivity index (χ0n) is 9.61. The molecule has 1 aliphatic carbocycles. The van der Waals surface area contributed by atoms with Crippen LogP contribution in [-0.2, 0) is 9.47 Å². The Morgan fingerprint density at radius 2 is 2.33 bits per heavy atom. The molecule has 4 unspecified atom stereocenters. The standard InChI is InChI=1S/C12H21NO2/c1-8-3-9(2)5-10(4-8)12-14-7-11(6-13)15-12/h3,8,10-12H,4-7,13H2,1-2H3. The number of allylic oxidation sites excluding steroid dienone is 2. The summed E-state index contributed by atoms with van der Waals surface area (Å²) in [6.45, 7) is 5.67. The number of rotatable bonds is 2. The van der Waals surface area contributed by atoms with Gasteiger partial charge in [-0.05, 0) is 25.7 Å². The fraction of sp³-hybridized carbons (Fsp3) is 0.833. The summed E-state index contributed by atoms with van der Waals surface area (Å²) in [5.41, 5.74) is 7.02. The van der Waals surface area contributed by atoms with Crippen molar-refractivity contribution in [1.82, 2.24) is 0 Å². The first-order valence-electron chi connectivity index (χ1n) is 5.83. The third kappa shape index (κ3) is 2.60. The van der Waals surface area contributed by atoms with E-state index >= 15 is 0 Å². The number of ether oxygens (including phenoxy) is 2. The van der Waals surface area contributed by atoms with E-state index in [1.807, 2.05) is 0 Å². The molecule has 3 heteroatoms. The van der Waals surface area contributed by atoms with Crippen molar-refractivity contribution in [2.24, 2.45) is 17.6 Å². The highest BCUT2D eigenvalue weighted by Crippen LogP contribution is 2.33. The van der Waals surface area contributed by atoms with Crippen LogP contribution >= 0.6 is 0 Å². The smallest absolute Gasteiger partial charge is 0.161 e. The van der Waals surface area contributed by atoms with Crippen LogP contribution in [0.5, 0.6) is 0 Å². The molecule has 0 bridgehead atoms. The largest absolute Gasteiger partial charge is 0.350 e. The molecule has 86 valence electrons. The summed E-state index contributed by atoms with van der Waals surface area (Å²) < 4.78 is 11.4.